The highest BCUT2D eigenvalue weighted by Gasteiger charge is 2.11. The Bertz CT molecular complexity index is 957. The molecule has 8 heteroatoms. The molecule has 2 aromatic heterocycles. The highest BCUT2D eigenvalue weighted by Crippen LogP contribution is 2.26. The number of ether oxygens (including phenoxy) is 1. The number of aryl methyl sites for hydroxylation is 1. The number of benzene rings is 1. The number of amides is 1. The summed E-state index contributed by atoms with van der Waals surface area (Å²) in [6.07, 6.45) is 1.48. The third-order valence-corrected chi connectivity index (χ3v) is 4.56. The first-order valence-electron chi connectivity index (χ1n) is 7.71. The minimum absolute atomic E-state index is 0.254. The number of thiophene rings is 1. The predicted molar refractivity (Wildman–Crippen MR) is 99.5 cm³/mol. The number of hydrazone groups is 1. The lowest BCUT2D eigenvalue weighted by molar-refractivity contribution is 0.0600. The van der Waals surface area contributed by atoms with Gasteiger partial charge in [0, 0.05) is 4.88 Å². The van der Waals surface area contributed by atoms with Gasteiger partial charge in [-0.05, 0) is 42.8 Å². The van der Waals surface area contributed by atoms with Gasteiger partial charge in [0.15, 0.2) is 5.69 Å². The van der Waals surface area contributed by atoms with Crippen LogP contribution in [0.5, 0.6) is 0 Å². The van der Waals surface area contributed by atoms with Gasteiger partial charge < -0.3 is 4.74 Å². The third-order valence-electron chi connectivity index (χ3n) is 3.53. The molecule has 0 aliphatic rings. The van der Waals surface area contributed by atoms with E-state index in [1.807, 2.05) is 19.1 Å². The number of H-pyrrole nitrogens is 1. The minimum Gasteiger partial charge on any atom is -0.465 e. The van der Waals surface area contributed by atoms with E-state index in [9.17, 15) is 9.59 Å². The second-order valence-corrected chi connectivity index (χ2v) is 6.68. The van der Waals surface area contributed by atoms with Crippen LogP contribution in [0.15, 0.2) is 47.6 Å². The molecule has 0 atom stereocenters. The van der Waals surface area contributed by atoms with E-state index < -0.39 is 11.9 Å². The first kappa shape index (κ1) is 17.6. The van der Waals surface area contributed by atoms with E-state index in [1.54, 1.807) is 41.7 Å². The van der Waals surface area contributed by atoms with Crippen LogP contribution in [0.3, 0.4) is 0 Å². The zero-order valence-corrected chi connectivity index (χ0v) is 15.0. The first-order chi connectivity index (χ1) is 12.6. The van der Waals surface area contributed by atoms with E-state index in [4.69, 9.17) is 0 Å². The van der Waals surface area contributed by atoms with Gasteiger partial charge in [0.1, 0.15) is 0 Å². The van der Waals surface area contributed by atoms with E-state index in [0.717, 1.165) is 16.1 Å². The fourth-order valence-corrected chi connectivity index (χ4v) is 3.02. The fourth-order valence-electron chi connectivity index (χ4n) is 2.19. The predicted octanol–water partition coefficient (Wildman–Crippen LogP) is 3.00. The van der Waals surface area contributed by atoms with Gasteiger partial charge in [0.25, 0.3) is 5.91 Å². The van der Waals surface area contributed by atoms with Crippen molar-refractivity contribution in [3.05, 3.63) is 64.2 Å². The maximum atomic E-state index is 12.1. The van der Waals surface area contributed by atoms with Crippen molar-refractivity contribution in [1.82, 2.24) is 15.6 Å². The van der Waals surface area contributed by atoms with Crippen LogP contribution in [0.25, 0.3) is 10.6 Å². The SMILES string of the molecule is COC(=O)c1ccc(/C=N/NC(=O)c2cc(-c3ccc(C)s3)[nH]n2)cc1. The summed E-state index contributed by atoms with van der Waals surface area (Å²) in [4.78, 5) is 25.7. The molecule has 132 valence electrons. The van der Waals surface area contributed by atoms with Crippen molar-refractivity contribution in [1.29, 1.82) is 0 Å². The van der Waals surface area contributed by atoms with Crippen LogP contribution in [-0.4, -0.2) is 35.4 Å². The average Bonchev–Trinajstić information content (AvgIpc) is 3.30. The maximum Gasteiger partial charge on any atom is 0.337 e. The highest BCUT2D eigenvalue weighted by molar-refractivity contribution is 7.15. The molecule has 0 saturated heterocycles. The molecule has 0 unspecified atom stereocenters. The Morgan fingerprint density at radius 1 is 1.23 bits per heavy atom. The summed E-state index contributed by atoms with van der Waals surface area (Å²) in [7, 11) is 1.33. The second kappa shape index (κ2) is 7.75. The summed E-state index contributed by atoms with van der Waals surface area (Å²) in [5, 5.41) is 10.8. The van der Waals surface area contributed by atoms with Crippen molar-refractivity contribution >= 4 is 29.4 Å². The molecule has 0 aliphatic heterocycles. The molecule has 3 rings (SSSR count). The smallest absolute Gasteiger partial charge is 0.337 e. The van der Waals surface area contributed by atoms with Gasteiger partial charge in [-0.15, -0.1) is 11.3 Å². The average molecular weight is 368 g/mol. The molecule has 1 amide bonds. The maximum absolute atomic E-state index is 12.1. The van der Waals surface area contributed by atoms with E-state index in [1.165, 1.54) is 18.2 Å². The number of hydrogen-bond donors (Lipinski definition) is 2. The summed E-state index contributed by atoms with van der Waals surface area (Å²) in [6, 6.07) is 12.3. The van der Waals surface area contributed by atoms with E-state index in [-0.39, 0.29) is 5.69 Å². The Hall–Kier alpha value is -3.26. The van der Waals surface area contributed by atoms with Crippen LogP contribution in [0, 0.1) is 6.92 Å². The van der Waals surface area contributed by atoms with Gasteiger partial charge in [0.2, 0.25) is 0 Å². The van der Waals surface area contributed by atoms with Gasteiger partial charge in [-0.3, -0.25) is 9.89 Å². The summed E-state index contributed by atoms with van der Waals surface area (Å²) in [6.45, 7) is 2.02. The quantitative estimate of drug-likeness (QED) is 0.411. The van der Waals surface area contributed by atoms with E-state index in [0.29, 0.717) is 5.56 Å². The molecule has 1 aromatic carbocycles. The number of nitrogens with one attached hydrogen (secondary N) is 2. The van der Waals surface area contributed by atoms with Crippen molar-refractivity contribution in [3.8, 4) is 10.6 Å². The standard InChI is InChI=1S/C18H16N4O3S/c1-11-3-8-16(26-11)14-9-15(21-20-14)17(23)22-19-10-12-4-6-13(7-5-12)18(24)25-2/h3-10H,1-2H3,(H,20,21)(H,22,23)/b19-10+. The summed E-state index contributed by atoms with van der Waals surface area (Å²) in [5.41, 5.74) is 4.64. The number of esters is 1. The fraction of sp³-hybridized carbons (Fsp3) is 0.111. The molecule has 0 saturated carbocycles. The van der Waals surface area contributed by atoms with Crippen molar-refractivity contribution in [2.75, 3.05) is 7.11 Å². The zero-order chi connectivity index (χ0) is 18.5. The Balaban J connectivity index is 1.61. The highest BCUT2D eigenvalue weighted by atomic mass is 32.1. The van der Waals surface area contributed by atoms with E-state index >= 15 is 0 Å². The lowest BCUT2D eigenvalue weighted by Crippen LogP contribution is -2.18. The van der Waals surface area contributed by atoms with Crippen molar-refractivity contribution < 1.29 is 14.3 Å². The number of carbonyl (C=O) groups excluding carboxylic acids is 2. The molecule has 2 N–H and O–H groups in total. The van der Waals surface area contributed by atoms with Crippen LogP contribution < -0.4 is 5.43 Å². The Morgan fingerprint density at radius 2 is 2.00 bits per heavy atom. The molecule has 0 aliphatic carbocycles. The minimum atomic E-state index is -0.414. The van der Waals surface area contributed by atoms with Crippen molar-refractivity contribution in [2.24, 2.45) is 5.10 Å². The van der Waals surface area contributed by atoms with Crippen LogP contribution >= 0.6 is 11.3 Å². The molecular formula is C18H16N4O3S. The number of nitrogens with zero attached hydrogens (tertiary/aromatic N) is 2. The van der Waals surface area contributed by atoms with Gasteiger partial charge >= 0.3 is 5.97 Å². The molecule has 0 bridgehead atoms. The molecule has 7 nitrogen and oxygen atoms in total. The van der Waals surface area contributed by atoms with Crippen LogP contribution in [0.4, 0.5) is 0 Å². The number of hydrogen-bond acceptors (Lipinski definition) is 6. The van der Waals surface area contributed by atoms with Crippen LogP contribution in [0.2, 0.25) is 0 Å². The first-order valence-corrected chi connectivity index (χ1v) is 8.52. The molecule has 2 heterocycles. The van der Waals surface area contributed by atoms with Gasteiger partial charge in [-0.2, -0.15) is 10.2 Å². The topological polar surface area (TPSA) is 96.4 Å². The lowest BCUT2D eigenvalue weighted by Gasteiger charge is -1.99. The van der Waals surface area contributed by atoms with Gasteiger partial charge in [-0.25, -0.2) is 10.2 Å². The van der Waals surface area contributed by atoms with Crippen LogP contribution in [0.1, 0.15) is 31.3 Å². The number of methoxy groups -OCH3 is 1. The third kappa shape index (κ3) is 4.04. The Kier molecular flexibility index (Phi) is 5.23. The molecule has 3 aromatic rings. The second-order valence-electron chi connectivity index (χ2n) is 5.39. The molecule has 26 heavy (non-hydrogen) atoms. The summed E-state index contributed by atoms with van der Waals surface area (Å²) < 4.78 is 4.63. The lowest BCUT2D eigenvalue weighted by atomic mass is 10.1. The molecule has 0 fully saturated rings. The van der Waals surface area contributed by atoms with E-state index in [2.05, 4.69) is 25.5 Å². The van der Waals surface area contributed by atoms with Crippen LogP contribution in [-0.2, 0) is 4.74 Å². The normalized spacial score (nSPS) is 10.8. The Morgan fingerprint density at radius 3 is 2.65 bits per heavy atom. The summed E-state index contributed by atoms with van der Waals surface area (Å²) >= 11 is 1.62. The number of aromatic amines is 1. The zero-order valence-electron chi connectivity index (χ0n) is 14.1. The number of carbonyl (C=O) groups is 2. The molecule has 0 radical (unpaired) electrons. The number of aromatic nitrogens is 2. The van der Waals surface area contributed by atoms with Gasteiger partial charge in [-0.1, -0.05) is 12.1 Å². The Labute approximate surface area is 153 Å². The van der Waals surface area contributed by atoms with Crippen molar-refractivity contribution in [3.63, 3.8) is 0 Å². The number of rotatable bonds is 5. The van der Waals surface area contributed by atoms with Crippen molar-refractivity contribution in [2.45, 2.75) is 6.92 Å². The molecule has 0 spiro atoms. The van der Waals surface area contributed by atoms with Gasteiger partial charge in [0.05, 0.1) is 29.5 Å². The summed E-state index contributed by atoms with van der Waals surface area (Å²) in [5.74, 6) is -0.819. The largest absolute Gasteiger partial charge is 0.465 e. The monoisotopic (exact) mass is 368 g/mol. The molecular weight excluding hydrogens is 352 g/mol.